The van der Waals surface area contributed by atoms with E-state index in [9.17, 15) is 13.2 Å². The molecule has 0 saturated carbocycles. The zero-order chi connectivity index (χ0) is 15.7. The van der Waals surface area contributed by atoms with Crippen LogP contribution in [0.5, 0.6) is 0 Å². The number of carbonyl (C=O) groups excluding carboxylic acids is 1. The highest BCUT2D eigenvalue weighted by Crippen LogP contribution is 2.23. The number of benzene rings is 1. The Labute approximate surface area is 120 Å². The Morgan fingerprint density at radius 1 is 1.30 bits per heavy atom. The number of aryl methyl sites for hydroxylation is 1. The molecule has 1 amide bonds. The molecule has 0 fully saturated rings. The van der Waals surface area contributed by atoms with Gasteiger partial charge in [-0.25, -0.2) is 8.42 Å². The van der Waals surface area contributed by atoms with Gasteiger partial charge in [-0.2, -0.15) is 0 Å². The van der Waals surface area contributed by atoms with Gasteiger partial charge in [0.1, 0.15) is 0 Å². The molecule has 112 valence electrons. The van der Waals surface area contributed by atoms with E-state index in [0.717, 1.165) is 11.8 Å². The second-order valence-corrected chi connectivity index (χ2v) is 8.10. The number of nitrogens with two attached hydrogens (primary N) is 1. The maximum Gasteiger partial charge on any atom is 0.241 e. The molecule has 0 aliphatic heterocycles. The largest absolute Gasteiger partial charge is 0.324 e. The molecule has 3 N–H and O–H groups in total. The first-order valence-electron chi connectivity index (χ1n) is 6.30. The number of hydrogen-bond donors (Lipinski definition) is 2. The predicted octanol–water partition coefficient (Wildman–Crippen LogP) is 1.71. The lowest BCUT2D eigenvalue weighted by Gasteiger charge is -2.26. The molecule has 1 atom stereocenters. The molecule has 1 aromatic carbocycles. The molecule has 5 nitrogen and oxygen atoms in total. The van der Waals surface area contributed by atoms with Crippen molar-refractivity contribution in [3.63, 3.8) is 0 Å². The van der Waals surface area contributed by atoms with Crippen LogP contribution in [-0.4, -0.2) is 26.6 Å². The molecule has 0 spiro atoms. The molecule has 0 aliphatic carbocycles. The fourth-order valence-electron chi connectivity index (χ4n) is 1.57. The van der Waals surface area contributed by atoms with Crippen molar-refractivity contribution in [3.8, 4) is 0 Å². The van der Waals surface area contributed by atoms with Crippen LogP contribution in [0.2, 0.25) is 0 Å². The van der Waals surface area contributed by atoms with E-state index in [1.54, 1.807) is 13.0 Å². The lowest BCUT2D eigenvalue weighted by Crippen LogP contribution is -2.45. The van der Waals surface area contributed by atoms with Crippen molar-refractivity contribution in [1.29, 1.82) is 0 Å². The summed E-state index contributed by atoms with van der Waals surface area (Å²) in [5.74, 6) is -0.328. The molecule has 0 bridgehead atoms. The summed E-state index contributed by atoms with van der Waals surface area (Å²) in [7, 11) is -3.31. The highest BCUT2D eigenvalue weighted by atomic mass is 32.2. The van der Waals surface area contributed by atoms with Gasteiger partial charge in [0.2, 0.25) is 5.91 Å². The monoisotopic (exact) mass is 298 g/mol. The summed E-state index contributed by atoms with van der Waals surface area (Å²) in [6.45, 7) is 7.41. The van der Waals surface area contributed by atoms with E-state index in [4.69, 9.17) is 5.73 Å². The van der Waals surface area contributed by atoms with Gasteiger partial charge in [0.25, 0.3) is 0 Å². The summed E-state index contributed by atoms with van der Waals surface area (Å²) in [4.78, 5) is 12.3. The topological polar surface area (TPSA) is 89.3 Å². The first-order chi connectivity index (χ1) is 8.93. The molecule has 0 aromatic heterocycles. The number of nitrogens with one attached hydrogen (secondary N) is 1. The number of hydrogen-bond acceptors (Lipinski definition) is 4. The Morgan fingerprint density at radius 2 is 1.85 bits per heavy atom. The molecular formula is C14H22N2O3S. The second kappa shape index (κ2) is 5.54. The van der Waals surface area contributed by atoms with Crippen molar-refractivity contribution in [2.24, 2.45) is 11.1 Å². The lowest BCUT2D eigenvalue weighted by atomic mass is 9.87. The van der Waals surface area contributed by atoms with E-state index in [1.165, 1.54) is 12.1 Å². The van der Waals surface area contributed by atoms with Crippen LogP contribution in [0.4, 0.5) is 5.69 Å². The summed E-state index contributed by atoms with van der Waals surface area (Å²) in [6.07, 6.45) is 1.13. The van der Waals surface area contributed by atoms with Crippen LogP contribution in [0.3, 0.4) is 0 Å². The Bertz CT molecular complexity index is 616. The summed E-state index contributed by atoms with van der Waals surface area (Å²) in [6, 6.07) is 3.96. The smallest absolute Gasteiger partial charge is 0.241 e. The summed E-state index contributed by atoms with van der Waals surface area (Å²) >= 11 is 0. The zero-order valence-electron chi connectivity index (χ0n) is 12.5. The van der Waals surface area contributed by atoms with Crippen LogP contribution >= 0.6 is 0 Å². The van der Waals surface area contributed by atoms with Gasteiger partial charge in [0, 0.05) is 11.9 Å². The van der Waals surface area contributed by atoms with Crippen molar-refractivity contribution in [2.45, 2.75) is 38.6 Å². The standard InChI is InChI=1S/C14H22N2O3S/c1-9-6-7-10(20(5,18)19)8-11(9)16-13(17)12(15)14(2,3)4/h6-8,12H,15H2,1-5H3,(H,16,17)/t12-/m1/s1. The predicted molar refractivity (Wildman–Crippen MR) is 80.3 cm³/mol. The molecule has 0 saturated heterocycles. The van der Waals surface area contributed by atoms with Crippen molar-refractivity contribution in [1.82, 2.24) is 0 Å². The summed E-state index contributed by atoms with van der Waals surface area (Å²) < 4.78 is 23.1. The Kier molecular flexibility index (Phi) is 4.61. The van der Waals surface area contributed by atoms with Crippen molar-refractivity contribution in [3.05, 3.63) is 23.8 Å². The van der Waals surface area contributed by atoms with Crippen LogP contribution in [0.1, 0.15) is 26.3 Å². The number of sulfone groups is 1. The maximum atomic E-state index is 12.1. The SMILES string of the molecule is Cc1ccc(S(C)(=O)=O)cc1NC(=O)[C@@H](N)C(C)(C)C. The minimum atomic E-state index is -3.31. The van der Waals surface area contributed by atoms with Gasteiger partial charge in [-0.15, -0.1) is 0 Å². The highest BCUT2D eigenvalue weighted by molar-refractivity contribution is 7.90. The first-order valence-corrected chi connectivity index (χ1v) is 8.19. The maximum absolute atomic E-state index is 12.1. The van der Waals surface area contributed by atoms with Crippen LogP contribution in [0.25, 0.3) is 0 Å². The molecule has 1 rings (SSSR count). The van der Waals surface area contributed by atoms with E-state index < -0.39 is 15.9 Å². The van der Waals surface area contributed by atoms with E-state index in [2.05, 4.69) is 5.32 Å². The van der Waals surface area contributed by atoms with Gasteiger partial charge >= 0.3 is 0 Å². The lowest BCUT2D eigenvalue weighted by molar-refractivity contribution is -0.119. The Morgan fingerprint density at radius 3 is 2.30 bits per heavy atom. The van der Waals surface area contributed by atoms with Crippen molar-refractivity contribution in [2.75, 3.05) is 11.6 Å². The number of anilines is 1. The Hall–Kier alpha value is -1.40. The van der Waals surface area contributed by atoms with E-state index in [1.807, 2.05) is 20.8 Å². The van der Waals surface area contributed by atoms with Gasteiger partial charge in [-0.05, 0) is 30.0 Å². The zero-order valence-corrected chi connectivity index (χ0v) is 13.3. The molecule has 0 aliphatic rings. The van der Waals surface area contributed by atoms with Crippen LogP contribution < -0.4 is 11.1 Å². The normalized spacial score (nSPS) is 13.9. The molecule has 0 unspecified atom stereocenters. The number of amides is 1. The minimum Gasteiger partial charge on any atom is -0.324 e. The third-order valence-corrected chi connectivity index (χ3v) is 4.22. The fourth-order valence-corrected chi connectivity index (χ4v) is 2.22. The summed E-state index contributed by atoms with van der Waals surface area (Å²) in [5.41, 5.74) is 6.77. The van der Waals surface area contributed by atoms with Gasteiger partial charge < -0.3 is 11.1 Å². The average molecular weight is 298 g/mol. The highest BCUT2D eigenvalue weighted by Gasteiger charge is 2.27. The Balaban J connectivity index is 3.07. The molecular weight excluding hydrogens is 276 g/mol. The minimum absolute atomic E-state index is 0.169. The van der Waals surface area contributed by atoms with Crippen molar-refractivity contribution >= 4 is 21.4 Å². The van der Waals surface area contributed by atoms with Crippen LogP contribution in [-0.2, 0) is 14.6 Å². The van der Waals surface area contributed by atoms with Gasteiger partial charge in [0.15, 0.2) is 9.84 Å². The van der Waals surface area contributed by atoms with E-state index in [-0.39, 0.29) is 16.2 Å². The third kappa shape index (κ3) is 4.05. The van der Waals surface area contributed by atoms with Gasteiger partial charge in [-0.1, -0.05) is 26.8 Å². The number of rotatable bonds is 3. The quantitative estimate of drug-likeness (QED) is 0.889. The van der Waals surface area contributed by atoms with Crippen LogP contribution in [0, 0.1) is 12.3 Å². The molecule has 6 heteroatoms. The number of carbonyl (C=O) groups is 1. The molecule has 0 heterocycles. The van der Waals surface area contributed by atoms with E-state index in [0.29, 0.717) is 5.69 Å². The van der Waals surface area contributed by atoms with Gasteiger partial charge in [-0.3, -0.25) is 4.79 Å². The van der Waals surface area contributed by atoms with Crippen molar-refractivity contribution < 1.29 is 13.2 Å². The van der Waals surface area contributed by atoms with Gasteiger partial charge in [0.05, 0.1) is 10.9 Å². The molecule has 1 aromatic rings. The second-order valence-electron chi connectivity index (χ2n) is 6.08. The fraction of sp³-hybridized carbons (Fsp3) is 0.500. The average Bonchev–Trinajstić information content (AvgIpc) is 2.28. The van der Waals surface area contributed by atoms with Crippen LogP contribution in [0.15, 0.2) is 23.1 Å². The molecule has 20 heavy (non-hydrogen) atoms. The first kappa shape index (κ1) is 16.7. The third-order valence-electron chi connectivity index (χ3n) is 3.11. The summed E-state index contributed by atoms with van der Waals surface area (Å²) in [5, 5.41) is 2.70. The molecule has 0 radical (unpaired) electrons. The van der Waals surface area contributed by atoms with E-state index >= 15 is 0 Å².